The number of nitrogens with zero attached hydrogens (tertiary/aromatic N) is 4. The number of hydrogen-bond donors (Lipinski definition) is 0. The number of ether oxygens (including phenoxy) is 1. The van der Waals surface area contributed by atoms with E-state index in [1.165, 1.54) is 85.3 Å². The molecule has 0 bridgehead atoms. The van der Waals surface area contributed by atoms with Gasteiger partial charge < -0.3 is 9.64 Å². The van der Waals surface area contributed by atoms with E-state index in [9.17, 15) is 4.79 Å². The predicted molar refractivity (Wildman–Crippen MR) is 204 cm³/mol. The van der Waals surface area contributed by atoms with Crippen molar-refractivity contribution in [3.8, 4) is 5.75 Å². The van der Waals surface area contributed by atoms with Crippen molar-refractivity contribution >= 4 is 66.3 Å². The zero-order valence-corrected chi connectivity index (χ0v) is 30.0. The Morgan fingerprint density at radius 1 is 0.792 bits per heavy atom. The second-order valence-electron chi connectivity index (χ2n) is 12.0. The van der Waals surface area contributed by atoms with Crippen molar-refractivity contribution in [1.82, 2.24) is 4.98 Å². The lowest BCUT2D eigenvalue weighted by molar-refractivity contribution is -0.127. The van der Waals surface area contributed by atoms with E-state index in [0.29, 0.717) is 16.5 Å². The van der Waals surface area contributed by atoms with Gasteiger partial charge in [-0.05, 0) is 85.4 Å². The van der Waals surface area contributed by atoms with Gasteiger partial charge >= 0.3 is 5.97 Å². The molecule has 8 heteroatoms. The molecular formula is C40H46N4O2S2. The second-order valence-corrected chi connectivity index (χ2v) is 14.1. The zero-order chi connectivity index (χ0) is 33.6. The topological polar surface area (TPSA) is 67.2 Å². The summed E-state index contributed by atoms with van der Waals surface area (Å²) in [6.07, 6.45) is 12.6. The maximum absolute atomic E-state index is 13.5. The SMILES string of the molecule is CCCCCCc1ccc(/C(=C/c2cc3sc(N=Nc4ccc(N(CCCC)CCCC)cc4)nc3s2)C(=O)Oc2ccccc2)cc1. The summed E-state index contributed by atoms with van der Waals surface area (Å²) < 4.78 is 6.79. The van der Waals surface area contributed by atoms with Gasteiger partial charge in [0, 0.05) is 23.7 Å². The van der Waals surface area contributed by atoms with Crippen molar-refractivity contribution in [3.63, 3.8) is 0 Å². The van der Waals surface area contributed by atoms with Crippen LogP contribution in [0.1, 0.15) is 88.1 Å². The van der Waals surface area contributed by atoms with Gasteiger partial charge in [0.1, 0.15) is 10.6 Å². The maximum Gasteiger partial charge on any atom is 0.344 e. The Bertz CT molecular complexity index is 1730. The van der Waals surface area contributed by atoms with Gasteiger partial charge in [0.25, 0.3) is 0 Å². The standard InChI is InChI=1S/C40H46N4O2S2/c1-4-7-10-12-15-30-18-20-31(21-19-30)36(39(45)46-34-16-13-11-14-17-34)28-35-29-37-38(47-35)41-40(48-37)43-42-32-22-24-33(25-23-32)44(26-8-5-2)27-9-6-3/h11,13-14,16-25,28-29H,4-10,12,15,26-27H2,1-3H3/b36-28-,43-42?. The minimum Gasteiger partial charge on any atom is -0.423 e. The average Bonchev–Trinajstić information content (AvgIpc) is 3.68. The number of aryl methyl sites for hydroxylation is 1. The third-order valence-electron chi connectivity index (χ3n) is 8.17. The minimum absolute atomic E-state index is 0.388. The fourth-order valence-electron chi connectivity index (χ4n) is 5.41. The summed E-state index contributed by atoms with van der Waals surface area (Å²) in [4.78, 5) is 22.5. The van der Waals surface area contributed by atoms with Gasteiger partial charge in [0.2, 0.25) is 5.13 Å². The minimum atomic E-state index is -0.388. The van der Waals surface area contributed by atoms with Crippen LogP contribution in [-0.4, -0.2) is 24.0 Å². The van der Waals surface area contributed by atoms with Crippen LogP contribution in [0.15, 0.2) is 95.2 Å². The van der Waals surface area contributed by atoms with Crippen molar-refractivity contribution in [3.05, 3.63) is 101 Å². The Labute approximate surface area is 293 Å². The summed E-state index contributed by atoms with van der Waals surface area (Å²) >= 11 is 3.03. The number of unbranched alkanes of at least 4 members (excludes halogenated alkanes) is 5. The molecule has 0 aliphatic heterocycles. The van der Waals surface area contributed by atoms with E-state index in [-0.39, 0.29) is 5.97 Å². The van der Waals surface area contributed by atoms with E-state index < -0.39 is 0 Å². The number of carbonyl (C=O) groups excluding carboxylic acids is 1. The number of esters is 1. The number of rotatable bonds is 18. The maximum atomic E-state index is 13.5. The van der Waals surface area contributed by atoms with Crippen LogP contribution in [0, 0.1) is 0 Å². The van der Waals surface area contributed by atoms with Crippen LogP contribution in [0.3, 0.4) is 0 Å². The lowest BCUT2D eigenvalue weighted by atomic mass is 10.0. The number of azo groups is 1. The molecule has 0 spiro atoms. The van der Waals surface area contributed by atoms with Gasteiger partial charge in [0.15, 0.2) is 0 Å². The summed E-state index contributed by atoms with van der Waals surface area (Å²) in [5.41, 5.74) is 4.66. The molecule has 5 rings (SSSR count). The van der Waals surface area contributed by atoms with E-state index in [0.717, 1.165) is 45.2 Å². The third-order valence-corrected chi connectivity index (χ3v) is 10.2. The van der Waals surface area contributed by atoms with Crippen molar-refractivity contribution in [1.29, 1.82) is 0 Å². The number of thiophene rings is 1. The fourth-order valence-corrected chi connectivity index (χ4v) is 7.40. The van der Waals surface area contributed by atoms with Gasteiger partial charge in [0.05, 0.1) is 16.0 Å². The summed E-state index contributed by atoms with van der Waals surface area (Å²) in [6, 6.07) is 27.9. The number of anilines is 1. The summed E-state index contributed by atoms with van der Waals surface area (Å²) in [5, 5.41) is 9.53. The normalized spacial score (nSPS) is 11.9. The molecule has 0 aliphatic rings. The molecular weight excluding hydrogens is 633 g/mol. The molecule has 0 fully saturated rings. The number of hydrogen-bond acceptors (Lipinski definition) is 8. The molecule has 2 heterocycles. The largest absolute Gasteiger partial charge is 0.423 e. The molecule has 250 valence electrons. The lowest BCUT2D eigenvalue weighted by Gasteiger charge is -2.24. The number of fused-ring (bicyclic) bond motifs is 1. The first-order valence-corrected chi connectivity index (χ1v) is 18.9. The van der Waals surface area contributed by atoms with Crippen molar-refractivity contribution in [2.45, 2.75) is 78.6 Å². The highest BCUT2D eigenvalue weighted by Gasteiger charge is 2.17. The van der Waals surface area contributed by atoms with Crippen LogP contribution in [0.5, 0.6) is 5.75 Å². The quantitative estimate of drug-likeness (QED) is 0.0304. The van der Waals surface area contributed by atoms with E-state index in [2.05, 4.69) is 66.2 Å². The van der Waals surface area contributed by atoms with E-state index in [1.807, 2.05) is 48.5 Å². The Kier molecular flexibility index (Phi) is 13.5. The third kappa shape index (κ3) is 10.2. The zero-order valence-electron chi connectivity index (χ0n) is 28.4. The summed E-state index contributed by atoms with van der Waals surface area (Å²) in [6.45, 7) is 8.85. The highest BCUT2D eigenvalue weighted by Crippen LogP contribution is 2.37. The molecule has 0 saturated carbocycles. The molecule has 5 aromatic rings. The van der Waals surface area contributed by atoms with E-state index in [1.54, 1.807) is 12.1 Å². The van der Waals surface area contributed by atoms with Crippen LogP contribution < -0.4 is 9.64 Å². The van der Waals surface area contributed by atoms with Gasteiger partial charge in [-0.2, -0.15) is 0 Å². The molecule has 0 aliphatic carbocycles. The highest BCUT2D eigenvalue weighted by molar-refractivity contribution is 7.29. The first-order chi connectivity index (χ1) is 23.6. The van der Waals surface area contributed by atoms with Crippen LogP contribution in [0.25, 0.3) is 21.2 Å². The van der Waals surface area contributed by atoms with Gasteiger partial charge in [-0.3, -0.25) is 0 Å². The van der Waals surface area contributed by atoms with Crippen molar-refractivity contribution in [2.24, 2.45) is 10.2 Å². The van der Waals surface area contributed by atoms with Crippen molar-refractivity contribution < 1.29 is 9.53 Å². The van der Waals surface area contributed by atoms with Crippen LogP contribution in [0.4, 0.5) is 16.5 Å². The molecule has 0 unspecified atom stereocenters. The molecule has 3 aromatic carbocycles. The molecule has 0 radical (unpaired) electrons. The van der Waals surface area contributed by atoms with Crippen LogP contribution >= 0.6 is 22.7 Å². The number of aromatic nitrogens is 1. The number of carbonyl (C=O) groups is 1. The highest BCUT2D eigenvalue weighted by atomic mass is 32.1. The van der Waals surface area contributed by atoms with Crippen molar-refractivity contribution in [2.75, 3.05) is 18.0 Å². The van der Waals surface area contributed by atoms with Gasteiger partial charge in [-0.1, -0.05) is 107 Å². The smallest absolute Gasteiger partial charge is 0.344 e. The number of benzene rings is 3. The molecule has 0 saturated heterocycles. The number of thiazole rings is 1. The molecule has 6 nitrogen and oxygen atoms in total. The monoisotopic (exact) mass is 678 g/mol. The lowest BCUT2D eigenvalue weighted by Crippen LogP contribution is -2.25. The first kappa shape index (κ1) is 35.2. The molecule has 0 N–H and O–H groups in total. The molecule has 0 atom stereocenters. The Morgan fingerprint density at radius 3 is 2.17 bits per heavy atom. The average molecular weight is 679 g/mol. The molecule has 0 amide bonds. The van der Waals surface area contributed by atoms with E-state index >= 15 is 0 Å². The van der Waals surface area contributed by atoms with Gasteiger partial charge in [-0.25, -0.2) is 9.78 Å². The Morgan fingerprint density at radius 2 is 1.50 bits per heavy atom. The Hall–Kier alpha value is -4.14. The van der Waals surface area contributed by atoms with Crippen LogP contribution in [0.2, 0.25) is 0 Å². The summed E-state index contributed by atoms with van der Waals surface area (Å²) in [7, 11) is 0. The first-order valence-electron chi connectivity index (χ1n) is 17.3. The molecule has 48 heavy (non-hydrogen) atoms. The number of para-hydroxylation sites is 1. The summed E-state index contributed by atoms with van der Waals surface area (Å²) in [5.74, 6) is 0.130. The van der Waals surface area contributed by atoms with E-state index in [4.69, 9.17) is 9.72 Å². The molecule has 2 aromatic heterocycles. The Balaban J connectivity index is 1.31. The van der Waals surface area contributed by atoms with Gasteiger partial charge in [-0.15, -0.1) is 21.6 Å². The predicted octanol–water partition coefficient (Wildman–Crippen LogP) is 12.4. The second kappa shape index (κ2) is 18.4. The fraction of sp³-hybridized carbons (Fsp3) is 0.350. The van der Waals surface area contributed by atoms with Crippen LogP contribution in [-0.2, 0) is 11.2 Å².